The van der Waals surface area contributed by atoms with Crippen LogP contribution in [0.4, 0.5) is 5.69 Å². The number of carbonyl (C=O) groups is 4. The van der Waals surface area contributed by atoms with Crippen LogP contribution in [0.1, 0.15) is 27.1 Å². The number of ether oxygens (including phenoxy) is 3. The SMILES string of the molecule is COc1ccc(C(=O)COC(=O)c2ccc(N3C(=O)CC(N4CCN(CCO)CC4)C3=O)cc2)cc1OC. The first-order chi connectivity index (χ1) is 18.4. The van der Waals surface area contributed by atoms with Crippen molar-refractivity contribution in [2.24, 2.45) is 0 Å². The van der Waals surface area contributed by atoms with E-state index in [1.807, 2.05) is 4.90 Å². The molecule has 1 atom stereocenters. The lowest BCUT2D eigenvalue weighted by Gasteiger charge is -2.36. The van der Waals surface area contributed by atoms with E-state index in [9.17, 15) is 19.2 Å². The fraction of sp³-hybridized carbons (Fsp3) is 0.407. The first-order valence-corrected chi connectivity index (χ1v) is 12.3. The van der Waals surface area contributed by atoms with Gasteiger partial charge in [-0.25, -0.2) is 9.69 Å². The normalized spacial score (nSPS) is 18.5. The zero-order valence-corrected chi connectivity index (χ0v) is 21.4. The lowest BCUT2D eigenvalue weighted by molar-refractivity contribution is -0.123. The monoisotopic (exact) mass is 525 g/mol. The molecule has 1 unspecified atom stereocenters. The number of anilines is 1. The summed E-state index contributed by atoms with van der Waals surface area (Å²) in [4.78, 5) is 56.1. The van der Waals surface area contributed by atoms with Gasteiger partial charge in [-0.05, 0) is 42.5 Å². The molecule has 0 radical (unpaired) electrons. The van der Waals surface area contributed by atoms with E-state index in [4.69, 9.17) is 19.3 Å². The van der Waals surface area contributed by atoms with Crippen LogP contribution in [0.15, 0.2) is 42.5 Å². The van der Waals surface area contributed by atoms with Gasteiger partial charge in [-0.3, -0.25) is 24.2 Å². The molecule has 38 heavy (non-hydrogen) atoms. The number of aliphatic hydroxyl groups excluding tert-OH is 1. The number of benzene rings is 2. The second-order valence-electron chi connectivity index (χ2n) is 9.00. The van der Waals surface area contributed by atoms with Gasteiger partial charge in [0.05, 0.1) is 44.5 Å². The van der Waals surface area contributed by atoms with E-state index in [1.165, 1.54) is 44.6 Å². The van der Waals surface area contributed by atoms with Crippen molar-refractivity contribution in [1.29, 1.82) is 0 Å². The van der Waals surface area contributed by atoms with Crippen molar-refractivity contribution in [3.8, 4) is 11.5 Å². The molecule has 2 heterocycles. The molecule has 2 saturated heterocycles. The number of aliphatic hydroxyl groups is 1. The number of Topliss-reactive ketones (excluding diaryl/α,β-unsaturated/α-hetero) is 1. The van der Waals surface area contributed by atoms with Gasteiger partial charge in [-0.1, -0.05) is 0 Å². The quantitative estimate of drug-likeness (QED) is 0.273. The molecule has 2 aliphatic heterocycles. The number of imide groups is 1. The summed E-state index contributed by atoms with van der Waals surface area (Å²) in [6.45, 7) is 2.96. The second kappa shape index (κ2) is 12.2. The maximum absolute atomic E-state index is 13.1. The van der Waals surface area contributed by atoms with Crippen molar-refractivity contribution in [2.45, 2.75) is 12.5 Å². The van der Waals surface area contributed by atoms with Gasteiger partial charge in [0.15, 0.2) is 23.9 Å². The van der Waals surface area contributed by atoms with Gasteiger partial charge >= 0.3 is 5.97 Å². The lowest BCUT2D eigenvalue weighted by atomic mass is 10.1. The molecule has 2 amide bonds. The maximum Gasteiger partial charge on any atom is 0.338 e. The maximum atomic E-state index is 13.1. The molecular weight excluding hydrogens is 494 g/mol. The Balaban J connectivity index is 1.34. The molecule has 0 saturated carbocycles. The van der Waals surface area contributed by atoms with Gasteiger partial charge in [0.25, 0.3) is 5.91 Å². The summed E-state index contributed by atoms with van der Waals surface area (Å²) < 4.78 is 15.5. The van der Waals surface area contributed by atoms with Crippen molar-refractivity contribution in [3.63, 3.8) is 0 Å². The molecule has 1 N–H and O–H groups in total. The number of ketones is 1. The topological polar surface area (TPSA) is 126 Å². The zero-order chi connectivity index (χ0) is 27.2. The Morgan fingerprint density at radius 3 is 2.21 bits per heavy atom. The van der Waals surface area contributed by atoms with E-state index in [0.29, 0.717) is 42.4 Å². The number of esters is 1. The average Bonchev–Trinajstić information content (AvgIpc) is 3.25. The predicted molar refractivity (Wildman–Crippen MR) is 137 cm³/mol. The summed E-state index contributed by atoms with van der Waals surface area (Å²) >= 11 is 0. The Labute approximate surface area is 220 Å². The minimum absolute atomic E-state index is 0.0896. The Morgan fingerprint density at radius 1 is 0.921 bits per heavy atom. The standard InChI is InChI=1S/C27H31N3O8/c1-36-23-8-5-19(15-24(23)37-2)22(32)17-38-27(35)18-3-6-20(7-4-18)30-25(33)16-21(26(30)34)29-11-9-28(10-12-29)13-14-31/h3-8,15,21,31H,9-14,16-17H2,1-2H3. The van der Waals surface area contributed by atoms with Crippen LogP contribution in [0.25, 0.3) is 0 Å². The smallest absolute Gasteiger partial charge is 0.338 e. The van der Waals surface area contributed by atoms with Gasteiger partial charge in [-0.2, -0.15) is 0 Å². The zero-order valence-electron chi connectivity index (χ0n) is 21.4. The molecule has 2 fully saturated rings. The van der Waals surface area contributed by atoms with Crippen LogP contribution in [0.3, 0.4) is 0 Å². The number of amides is 2. The molecule has 0 aromatic heterocycles. The third-order valence-corrected chi connectivity index (χ3v) is 6.79. The minimum Gasteiger partial charge on any atom is -0.493 e. The van der Waals surface area contributed by atoms with Gasteiger partial charge in [-0.15, -0.1) is 0 Å². The van der Waals surface area contributed by atoms with Gasteiger partial charge in [0.1, 0.15) is 0 Å². The summed E-state index contributed by atoms with van der Waals surface area (Å²) in [6.07, 6.45) is 0.0981. The molecule has 0 spiro atoms. The summed E-state index contributed by atoms with van der Waals surface area (Å²) in [6, 6.07) is 10.1. The van der Waals surface area contributed by atoms with E-state index in [-0.39, 0.29) is 30.4 Å². The molecule has 0 bridgehead atoms. The highest BCUT2D eigenvalue weighted by Crippen LogP contribution is 2.28. The molecule has 0 aliphatic carbocycles. The van der Waals surface area contributed by atoms with Crippen LogP contribution in [0, 0.1) is 0 Å². The highest BCUT2D eigenvalue weighted by molar-refractivity contribution is 6.22. The molecule has 11 heteroatoms. The van der Waals surface area contributed by atoms with Crippen LogP contribution >= 0.6 is 0 Å². The Bertz CT molecular complexity index is 1190. The van der Waals surface area contributed by atoms with E-state index in [0.717, 1.165) is 18.0 Å². The van der Waals surface area contributed by atoms with E-state index in [1.54, 1.807) is 12.1 Å². The average molecular weight is 526 g/mol. The fourth-order valence-corrected chi connectivity index (χ4v) is 4.67. The van der Waals surface area contributed by atoms with Gasteiger partial charge < -0.3 is 19.3 Å². The molecule has 202 valence electrons. The third kappa shape index (κ3) is 5.85. The summed E-state index contributed by atoms with van der Waals surface area (Å²) in [5.41, 5.74) is 0.866. The van der Waals surface area contributed by atoms with Crippen molar-refractivity contribution in [3.05, 3.63) is 53.6 Å². The van der Waals surface area contributed by atoms with E-state index in [2.05, 4.69) is 4.90 Å². The third-order valence-electron chi connectivity index (χ3n) is 6.79. The highest BCUT2D eigenvalue weighted by atomic mass is 16.5. The van der Waals surface area contributed by atoms with E-state index < -0.39 is 24.4 Å². The lowest BCUT2D eigenvalue weighted by Crippen LogP contribution is -2.52. The molecule has 2 aliphatic rings. The van der Waals surface area contributed by atoms with Crippen LogP contribution in [-0.4, -0.2) is 105 Å². The number of rotatable bonds is 10. The number of methoxy groups -OCH3 is 2. The number of β-amino-alcohol motifs (C(OH)–C–C–N with tert-alkyl or cyclic N) is 1. The largest absolute Gasteiger partial charge is 0.493 e. The fourth-order valence-electron chi connectivity index (χ4n) is 4.67. The Kier molecular flexibility index (Phi) is 8.72. The minimum atomic E-state index is -0.705. The first kappa shape index (κ1) is 27.2. The van der Waals surface area contributed by atoms with Crippen LogP contribution in [-0.2, 0) is 14.3 Å². The summed E-state index contributed by atoms with van der Waals surface area (Å²) in [7, 11) is 2.95. The molecular formula is C27H31N3O8. The van der Waals surface area contributed by atoms with E-state index >= 15 is 0 Å². The summed E-state index contributed by atoms with van der Waals surface area (Å²) in [5.74, 6) is -0.842. The molecule has 11 nitrogen and oxygen atoms in total. The predicted octanol–water partition coefficient (Wildman–Crippen LogP) is 0.985. The van der Waals surface area contributed by atoms with Crippen molar-refractivity contribution < 1.29 is 38.5 Å². The van der Waals surface area contributed by atoms with Crippen LogP contribution in [0.5, 0.6) is 11.5 Å². The Hall–Kier alpha value is -3.80. The molecule has 4 rings (SSSR count). The van der Waals surface area contributed by atoms with Crippen LogP contribution in [0.2, 0.25) is 0 Å². The second-order valence-corrected chi connectivity index (χ2v) is 9.00. The first-order valence-electron chi connectivity index (χ1n) is 12.3. The van der Waals surface area contributed by atoms with Gasteiger partial charge in [0, 0.05) is 38.3 Å². The van der Waals surface area contributed by atoms with Crippen LogP contribution < -0.4 is 14.4 Å². The summed E-state index contributed by atoms with van der Waals surface area (Å²) in [5, 5.41) is 9.11. The Morgan fingerprint density at radius 2 is 1.58 bits per heavy atom. The highest BCUT2D eigenvalue weighted by Gasteiger charge is 2.43. The molecule has 2 aromatic carbocycles. The number of nitrogens with zero attached hydrogens (tertiary/aromatic N) is 3. The molecule has 2 aromatic rings. The van der Waals surface area contributed by atoms with Crippen molar-refractivity contribution in [2.75, 3.05) is 65.1 Å². The van der Waals surface area contributed by atoms with Crippen molar-refractivity contribution in [1.82, 2.24) is 9.80 Å². The number of hydrogen-bond donors (Lipinski definition) is 1. The van der Waals surface area contributed by atoms with Crippen molar-refractivity contribution >= 4 is 29.3 Å². The van der Waals surface area contributed by atoms with Gasteiger partial charge in [0.2, 0.25) is 5.91 Å². The number of piperazine rings is 1. The number of hydrogen-bond acceptors (Lipinski definition) is 10. The number of carbonyl (C=O) groups excluding carboxylic acids is 4.